The molecule has 1 heterocycles. The molecule has 1 unspecified atom stereocenters. The fraction of sp³-hybridized carbons (Fsp3) is 0.385. The molecule has 0 aliphatic carbocycles. The monoisotopic (exact) mass is 420 g/mol. The fourth-order valence-electron chi connectivity index (χ4n) is 4.15. The summed E-state index contributed by atoms with van der Waals surface area (Å²) >= 11 is 0. The number of hydrogen-bond acceptors (Lipinski definition) is 5. The van der Waals surface area contributed by atoms with Crippen LogP contribution in [0.3, 0.4) is 0 Å². The van der Waals surface area contributed by atoms with Crippen LogP contribution in [0.2, 0.25) is 0 Å². The summed E-state index contributed by atoms with van der Waals surface area (Å²) in [6.07, 6.45) is 0.605. The molecule has 0 spiro atoms. The third kappa shape index (κ3) is 6.20. The summed E-state index contributed by atoms with van der Waals surface area (Å²) in [5.41, 5.74) is 1.30. The van der Waals surface area contributed by atoms with Crippen LogP contribution in [0, 0.1) is 0 Å². The van der Waals surface area contributed by atoms with Gasteiger partial charge in [0.2, 0.25) is 0 Å². The van der Waals surface area contributed by atoms with Crippen LogP contribution in [-0.4, -0.2) is 67.5 Å². The first-order chi connectivity index (χ1) is 15.2. The minimum Gasteiger partial charge on any atom is -0.497 e. The average Bonchev–Trinajstić information content (AvgIpc) is 3.03. The van der Waals surface area contributed by atoms with Crippen molar-refractivity contribution in [3.05, 3.63) is 72.3 Å². The zero-order valence-corrected chi connectivity index (χ0v) is 18.2. The lowest BCUT2D eigenvalue weighted by molar-refractivity contribution is 0.0693. The molecule has 164 valence electrons. The summed E-state index contributed by atoms with van der Waals surface area (Å²) < 4.78 is 11.1. The number of rotatable bonds is 8. The first-order valence-corrected chi connectivity index (χ1v) is 11.1. The van der Waals surface area contributed by atoms with Gasteiger partial charge >= 0.3 is 0 Å². The van der Waals surface area contributed by atoms with Crippen LogP contribution >= 0.6 is 0 Å². The molecule has 1 fully saturated rings. The molecule has 4 rings (SSSR count). The summed E-state index contributed by atoms with van der Waals surface area (Å²) in [5, 5.41) is 12.9. The van der Waals surface area contributed by atoms with Crippen molar-refractivity contribution < 1.29 is 14.6 Å². The maximum absolute atomic E-state index is 10.5. The van der Waals surface area contributed by atoms with E-state index in [0.717, 1.165) is 56.0 Å². The highest BCUT2D eigenvalue weighted by Gasteiger charge is 2.18. The van der Waals surface area contributed by atoms with Crippen LogP contribution in [0.15, 0.2) is 66.7 Å². The van der Waals surface area contributed by atoms with Gasteiger partial charge in [0.15, 0.2) is 0 Å². The third-order valence-electron chi connectivity index (χ3n) is 5.88. The van der Waals surface area contributed by atoms with E-state index < -0.39 is 6.10 Å². The van der Waals surface area contributed by atoms with E-state index in [1.165, 1.54) is 10.9 Å². The highest BCUT2D eigenvalue weighted by atomic mass is 16.5. The summed E-state index contributed by atoms with van der Waals surface area (Å²) in [6, 6.07) is 22.6. The van der Waals surface area contributed by atoms with Crippen molar-refractivity contribution in [2.24, 2.45) is 0 Å². The standard InChI is InChI=1S/C26H32N2O3/c1-30-25-10-7-21(8-11-25)18-27-13-4-14-28(16-15-27)19-24(29)20-31-26-12-9-22-5-2-3-6-23(22)17-26/h2-3,5-12,17,24,29H,4,13-16,18-20H2,1H3. The van der Waals surface area contributed by atoms with Gasteiger partial charge in [-0.2, -0.15) is 0 Å². The molecule has 3 aromatic rings. The normalized spacial score (nSPS) is 16.7. The molecule has 1 atom stereocenters. The Morgan fingerprint density at radius 3 is 2.35 bits per heavy atom. The minimum atomic E-state index is -0.500. The van der Waals surface area contributed by atoms with E-state index >= 15 is 0 Å². The molecule has 0 aromatic heterocycles. The summed E-state index contributed by atoms with van der Waals surface area (Å²) in [6.45, 7) is 5.95. The zero-order chi connectivity index (χ0) is 21.5. The third-order valence-corrected chi connectivity index (χ3v) is 5.88. The van der Waals surface area contributed by atoms with Gasteiger partial charge in [0, 0.05) is 26.2 Å². The number of ether oxygens (including phenoxy) is 2. The summed E-state index contributed by atoms with van der Waals surface area (Å²) in [4.78, 5) is 4.84. The smallest absolute Gasteiger partial charge is 0.120 e. The van der Waals surface area contributed by atoms with Gasteiger partial charge in [0.1, 0.15) is 24.2 Å². The van der Waals surface area contributed by atoms with E-state index in [9.17, 15) is 5.11 Å². The van der Waals surface area contributed by atoms with Crippen molar-refractivity contribution in [1.82, 2.24) is 9.80 Å². The lowest BCUT2D eigenvalue weighted by Crippen LogP contribution is -2.38. The largest absolute Gasteiger partial charge is 0.497 e. The second-order valence-electron chi connectivity index (χ2n) is 8.25. The topological polar surface area (TPSA) is 45.2 Å². The van der Waals surface area contributed by atoms with Crippen LogP contribution in [-0.2, 0) is 6.54 Å². The predicted octanol–water partition coefficient (Wildman–Crippen LogP) is 3.80. The molecule has 5 heteroatoms. The first-order valence-electron chi connectivity index (χ1n) is 11.1. The van der Waals surface area contributed by atoms with Crippen LogP contribution in [0.1, 0.15) is 12.0 Å². The van der Waals surface area contributed by atoms with Gasteiger partial charge in [-0.3, -0.25) is 9.80 Å². The molecular formula is C26H32N2O3. The van der Waals surface area contributed by atoms with E-state index in [0.29, 0.717) is 13.2 Å². The molecule has 31 heavy (non-hydrogen) atoms. The second-order valence-corrected chi connectivity index (χ2v) is 8.25. The van der Waals surface area contributed by atoms with Crippen molar-refractivity contribution in [2.45, 2.75) is 19.1 Å². The summed E-state index contributed by atoms with van der Waals surface area (Å²) in [5.74, 6) is 1.70. The molecule has 1 N–H and O–H groups in total. The molecule has 1 aliphatic heterocycles. The quantitative estimate of drug-likeness (QED) is 0.601. The molecule has 0 bridgehead atoms. The number of β-amino-alcohol motifs (C(OH)–C–C–N with tert-alkyl or cyclic N) is 1. The van der Waals surface area contributed by atoms with E-state index in [2.05, 4.69) is 40.1 Å². The van der Waals surface area contributed by atoms with Crippen LogP contribution in [0.25, 0.3) is 10.8 Å². The lowest BCUT2D eigenvalue weighted by atomic mass is 10.1. The van der Waals surface area contributed by atoms with Crippen molar-refractivity contribution in [3.63, 3.8) is 0 Å². The average molecular weight is 421 g/mol. The number of fused-ring (bicyclic) bond motifs is 1. The van der Waals surface area contributed by atoms with Gasteiger partial charge in [-0.15, -0.1) is 0 Å². The predicted molar refractivity (Wildman–Crippen MR) is 125 cm³/mol. The van der Waals surface area contributed by atoms with Crippen molar-refractivity contribution in [2.75, 3.05) is 46.4 Å². The summed E-state index contributed by atoms with van der Waals surface area (Å²) in [7, 11) is 1.69. The van der Waals surface area contributed by atoms with E-state index in [1.807, 2.05) is 36.4 Å². The maximum Gasteiger partial charge on any atom is 0.120 e. The Labute approximate surface area is 184 Å². The Balaban J connectivity index is 1.22. The number of benzene rings is 3. The highest BCUT2D eigenvalue weighted by molar-refractivity contribution is 5.83. The Kier molecular flexibility index (Phi) is 7.41. The number of aliphatic hydroxyl groups is 1. The van der Waals surface area contributed by atoms with Crippen molar-refractivity contribution in [3.8, 4) is 11.5 Å². The second kappa shape index (κ2) is 10.6. The van der Waals surface area contributed by atoms with E-state index in [1.54, 1.807) is 7.11 Å². The van der Waals surface area contributed by atoms with Gasteiger partial charge in [0.05, 0.1) is 7.11 Å². The molecule has 0 saturated carbocycles. The fourth-order valence-corrected chi connectivity index (χ4v) is 4.15. The van der Waals surface area contributed by atoms with Gasteiger partial charge in [-0.05, 0) is 60.1 Å². The number of hydrogen-bond donors (Lipinski definition) is 1. The minimum absolute atomic E-state index is 0.310. The lowest BCUT2D eigenvalue weighted by Gasteiger charge is -2.24. The van der Waals surface area contributed by atoms with Gasteiger partial charge < -0.3 is 14.6 Å². The molecule has 1 aliphatic rings. The Morgan fingerprint density at radius 1 is 0.839 bits per heavy atom. The Hall–Kier alpha value is -2.60. The van der Waals surface area contributed by atoms with Crippen LogP contribution in [0.5, 0.6) is 11.5 Å². The Bertz CT molecular complexity index is 960. The number of methoxy groups -OCH3 is 1. The van der Waals surface area contributed by atoms with Crippen molar-refractivity contribution in [1.29, 1.82) is 0 Å². The Morgan fingerprint density at radius 2 is 1.55 bits per heavy atom. The highest BCUT2D eigenvalue weighted by Crippen LogP contribution is 2.21. The van der Waals surface area contributed by atoms with E-state index in [-0.39, 0.29) is 0 Å². The van der Waals surface area contributed by atoms with Gasteiger partial charge in [-0.1, -0.05) is 42.5 Å². The van der Waals surface area contributed by atoms with Crippen LogP contribution < -0.4 is 9.47 Å². The van der Waals surface area contributed by atoms with Crippen LogP contribution in [0.4, 0.5) is 0 Å². The van der Waals surface area contributed by atoms with Crippen molar-refractivity contribution >= 4 is 10.8 Å². The molecular weight excluding hydrogens is 388 g/mol. The van der Waals surface area contributed by atoms with Gasteiger partial charge in [0.25, 0.3) is 0 Å². The first kappa shape index (κ1) is 21.6. The molecule has 0 amide bonds. The SMILES string of the molecule is COc1ccc(CN2CCCN(CC(O)COc3ccc4ccccc4c3)CC2)cc1. The zero-order valence-electron chi connectivity index (χ0n) is 18.2. The molecule has 5 nitrogen and oxygen atoms in total. The van der Waals surface area contributed by atoms with Gasteiger partial charge in [-0.25, -0.2) is 0 Å². The molecule has 0 radical (unpaired) electrons. The molecule has 1 saturated heterocycles. The van der Waals surface area contributed by atoms with E-state index in [4.69, 9.17) is 9.47 Å². The maximum atomic E-state index is 10.5. The number of aliphatic hydroxyl groups excluding tert-OH is 1. The molecule has 3 aromatic carbocycles. The number of nitrogens with zero attached hydrogens (tertiary/aromatic N) is 2.